The molecule has 2 aromatic rings. The number of carboxylic acids is 1. The first-order valence-electron chi connectivity index (χ1n) is 10.1. The zero-order valence-electron chi connectivity index (χ0n) is 17.3. The van der Waals surface area contributed by atoms with E-state index in [0.29, 0.717) is 31.6 Å². The summed E-state index contributed by atoms with van der Waals surface area (Å²) in [5.74, 6) is -0.687. The SMILES string of the molecule is COc1cccc([C@@H]2[C@H](CC=CCCC(=O)O)CCN2S(=O)(=O)c2ccc(F)cc2)c1. The van der Waals surface area contributed by atoms with Crippen molar-refractivity contribution in [2.45, 2.75) is 36.6 Å². The molecule has 0 bridgehead atoms. The molecule has 1 aliphatic rings. The third-order valence-electron chi connectivity index (χ3n) is 5.46. The van der Waals surface area contributed by atoms with Gasteiger partial charge in [0.15, 0.2) is 0 Å². The van der Waals surface area contributed by atoms with E-state index in [1.54, 1.807) is 13.2 Å². The molecule has 0 unspecified atom stereocenters. The van der Waals surface area contributed by atoms with Crippen LogP contribution >= 0.6 is 0 Å². The van der Waals surface area contributed by atoms with E-state index >= 15 is 0 Å². The molecule has 0 radical (unpaired) electrons. The summed E-state index contributed by atoms with van der Waals surface area (Å²) >= 11 is 0. The van der Waals surface area contributed by atoms with Gasteiger partial charge in [-0.25, -0.2) is 12.8 Å². The van der Waals surface area contributed by atoms with E-state index < -0.39 is 27.9 Å². The molecule has 0 saturated carbocycles. The summed E-state index contributed by atoms with van der Waals surface area (Å²) in [6, 6.07) is 11.8. The second kappa shape index (κ2) is 10.1. The largest absolute Gasteiger partial charge is 0.497 e. The van der Waals surface area contributed by atoms with Gasteiger partial charge in [-0.1, -0.05) is 24.3 Å². The fourth-order valence-electron chi connectivity index (χ4n) is 3.94. The predicted octanol–water partition coefficient (Wildman–Crippen LogP) is 4.40. The van der Waals surface area contributed by atoms with E-state index in [-0.39, 0.29) is 17.2 Å². The van der Waals surface area contributed by atoms with Gasteiger partial charge in [-0.3, -0.25) is 4.79 Å². The van der Waals surface area contributed by atoms with Gasteiger partial charge in [0.1, 0.15) is 11.6 Å². The highest BCUT2D eigenvalue weighted by molar-refractivity contribution is 7.89. The molecule has 1 saturated heterocycles. The van der Waals surface area contributed by atoms with Crippen molar-refractivity contribution in [2.24, 2.45) is 5.92 Å². The van der Waals surface area contributed by atoms with Crippen LogP contribution in [0, 0.1) is 11.7 Å². The van der Waals surface area contributed by atoms with Crippen LogP contribution in [0.25, 0.3) is 0 Å². The van der Waals surface area contributed by atoms with E-state index in [1.807, 2.05) is 30.4 Å². The zero-order valence-corrected chi connectivity index (χ0v) is 18.1. The zero-order chi connectivity index (χ0) is 22.4. The summed E-state index contributed by atoms with van der Waals surface area (Å²) in [7, 11) is -2.27. The third-order valence-corrected chi connectivity index (χ3v) is 7.36. The normalized spacial score (nSPS) is 19.7. The summed E-state index contributed by atoms with van der Waals surface area (Å²) < 4.78 is 46.9. The molecule has 1 N–H and O–H groups in total. The Morgan fingerprint density at radius 3 is 2.65 bits per heavy atom. The topological polar surface area (TPSA) is 83.9 Å². The Morgan fingerprint density at radius 1 is 1.23 bits per heavy atom. The Bertz CT molecular complexity index is 1040. The van der Waals surface area contributed by atoms with E-state index in [0.717, 1.165) is 17.7 Å². The van der Waals surface area contributed by atoms with Crippen LogP contribution in [0.3, 0.4) is 0 Å². The minimum Gasteiger partial charge on any atom is -0.497 e. The highest BCUT2D eigenvalue weighted by Gasteiger charge is 2.42. The average molecular weight is 448 g/mol. The molecule has 166 valence electrons. The number of carbonyl (C=O) groups is 1. The monoisotopic (exact) mass is 447 g/mol. The Morgan fingerprint density at radius 2 is 1.97 bits per heavy atom. The van der Waals surface area contributed by atoms with E-state index in [9.17, 15) is 17.6 Å². The van der Waals surface area contributed by atoms with Crippen molar-refractivity contribution in [2.75, 3.05) is 13.7 Å². The number of allylic oxidation sites excluding steroid dienone is 2. The van der Waals surface area contributed by atoms with Crippen LogP contribution in [0.1, 0.15) is 37.3 Å². The smallest absolute Gasteiger partial charge is 0.303 e. The molecule has 2 aromatic carbocycles. The average Bonchev–Trinajstić information content (AvgIpc) is 3.18. The number of halogens is 1. The lowest BCUT2D eigenvalue weighted by Gasteiger charge is -2.28. The van der Waals surface area contributed by atoms with Gasteiger partial charge in [-0.15, -0.1) is 0 Å². The van der Waals surface area contributed by atoms with E-state index in [4.69, 9.17) is 9.84 Å². The molecule has 2 atom stereocenters. The highest BCUT2D eigenvalue weighted by Crippen LogP contribution is 2.43. The number of nitrogens with zero attached hydrogens (tertiary/aromatic N) is 1. The molecule has 8 heteroatoms. The van der Waals surface area contributed by atoms with Crippen LogP contribution in [0.4, 0.5) is 4.39 Å². The van der Waals surface area contributed by atoms with Gasteiger partial charge >= 0.3 is 5.97 Å². The van der Waals surface area contributed by atoms with E-state index in [1.165, 1.54) is 16.4 Å². The lowest BCUT2D eigenvalue weighted by Crippen LogP contribution is -2.32. The number of aliphatic carboxylic acids is 1. The summed E-state index contributed by atoms with van der Waals surface area (Å²) in [6.07, 6.45) is 5.53. The summed E-state index contributed by atoms with van der Waals surface area (Å²) in [6.45, 7) is 0.342. The van der Waals surface area contributed by atoms with Crippen LogP contribution < -0.4 is 4.74 Å². The molecular formula is C23H26FNO5S. The first-order valence-corrected chi connectivity index (χ1v) is 11.5. The maximum Gasteiger partial charge on any atom is 0.303 e. The predicted molar refractivity (Wildman–Crippen MR) is 115 cm³/mol. The molecule has 0 aliphatic carbocycles. The molecule has 1 fully saturated rings. The Balaban J connectivity index is 1.90. The molecule has 0 aromatic heterocycles. The lowest BCUT2D eigenvalue weighted by molar-refractivity contribution is -0.136. The summed E-state index contributed by atoms with van der Waals surface area (Å²) in [4.78, 5) is 10.7. The molecule has 3 rings (SSSR count). The fraction of sp³-hybridized carbons (Fsp3) is 0.348. The number of rotatable bonds is 9. The van der Waals surface area contributed by atoms with E-state index in [2.05, 4.69) is 0 Å². The summed E-state index contributed by atoms with van der Waals surface area (Å²) in [5, 5.41) is 8.77. The van der Waals surface area contributed by atoms with Crippen molar-refractivity contribution >= 4 is 16.0 Å². The number of sulfonamides is 1. The number of carboxylic acid groups (broad SMARTS) is 1. The van der Waals surface area contributed by atoms with Gasteiger partial charge in [-0.2, -0.15) is 4.31 Å². The van der Waals surface area contributed by atoms with Gasteiger partial charge in [0.05, 0.1) is 18.0 Å². The fourth-order valence-corrected chi connectivity index (χ4v) is 5.63. The molecular weight excluding hydrogens is 421 g/mol. The second-order valence-corrected chi connectivity index (χ2v) is 9.37. The van der Waals surface area contributed by atoms with Crippen LogP contribution in [-0.2, 0) is 14.8 Å². The summed E-state index contributed by atoms with van der Waals surface area (Å²) in [5.41, 5.74) is 0.825. The standard InChI is InChI=1S/C23H26FNO5S/c1-30-20-8-5-7-18(16-20)23-17(6-3-2-4-9-22(26)27)14-15-25(23)31(28,29)21-12-10-19(24)11-13-21/h2-3,5,7-8,10-13,16-17,23H,4,6,9,14-15H2,1H3,(H,26,27)/t17-,23+/m1/s1. The van der Waals surface area contributed by atoms with Crippen molar-refractivity contribution in [3.05, 3.63) is 72.1 Å². The van der Waals surface area contributed by atoms with Crippen molar-refractivity contribution in [3.63, 3.8) is 0 Å². The molecule has 0 amide bonds. The number of ether oxygens (including phenoxy) is 1. The third kappa shape index (κ3) is 5.51. The van der Waals surface area contributed by atoms with Crippen LogP contribution in [0.5, 0.6) is 5.75 Å². The highest BCUT2D eigenvalue weighted by atomic mass is 32.2. The first-order chi connectivity index (χ1) is 14.8. The molecule has 31 heavy (non-hydrogen) atoms. The van der Waals surface area contributed by atoms with Gasteiger partial charge in [0, 0.05) is 13.0 Å². The minimum atomic E-state index is -3.83. The van der Waals surface area contributed by atoms with Gasteiger partial charge in [-0.05, 0) is 67.1 Å². The number of hydrogen-bond donors (Lipinski definition) is 1. The van der Waals surface area contributed by atoms with Crippen LogP contribution in [0.2, 0.25) is 0 Å². The quantitative estimate of drug-likeness (QED) is 0.576. The molecule has 6 nitrogen and oxygen atoms in total. The Hall–Kier alpha value is -2.71. The van der Waals surface area contributed by atoms with Crippen molar-refractivity contribution in [1.82, 2.24) is 4.31 Å². The number of methoxy groups -OCH3 is 1. The van der Waals surface area contributed by atoms with Crippen molar-refractivity contribution in [1.29, 1.82) is 0 Å². The molecule has 0 spiro atoms. The molecule has 1 aliphatic heterocycles. The van der Waals surface area contributed by atoms with Crippen LogP contribution in [-0.4, -0.2) is 37.5 Å². The first kappa shape index (κ1) is 23.0. The van der Waals surface area contributed by atoms with Crippen molar-refractivity contribution < 1.29 is 27.4 Å². The van der Waals surface area contributed by atoms with Crippen LogP contribution in [0.15, 0.2) is 65.6 Å². The Kier molecular flexibility index (Phi) is 7.46. The second-order valence-electron chi connectivity index (χ2n) is 7.48. The number of hydrogen-bond acceptors (Lipinski definition) is 4. The van der Waals surface area contributed by atoms with Gasteiger partial charge in [0.2, 0.25) is 10.0 Å². The number of benzene rings is 2. The lowest BCUT2D eigenvalue weighted by atomic mass is 9.91. The Labute approximate surface area is 182 Å². The molecule has 1 heterocycles. The maximum absolute atomic E-state index is 13.4. The van der Waals surface area contributed by atoms with Gasteiger partial charge in [0.25, 0.3) is 0 Å². The minimum absolute atomic E-state index is 0.0170. The van der Waals surface area contributed by atoms with Crippen molar-refractivity contribution in [3.8, 4) is 5.75 Å². The maximum atomic E-state index is 13.4. The van der Waals surface area contributed by atoms with Gasteiger partial charge < -0.3 is 9.84 Å².